The second-order valence-electron chi connectivity index (χ2n) is 30.5. The third-order valence-corrected chi connectivity index (χ3v) is 22.3. The molecule has 0 radical (unpaired) electrons. The van der Waals surface area contributed by atoms with Gasteiger partial charge in [0.1, 0.15) is 71.1 Å². The molecule has 2 bridgehead atoms. The lowest BCUT2D eigenvalue weighted by Crippen LogP contribution is -2.68. The maximum absolute atomic E-state index is 15.7. The van der Waals surface area contributed by atoms with Crippen molar-refractivity contribution in [1.82, 2.24) is 60.0 Å². The summed E-state index contributed by atoms with van der Waals surface area (Å²) in [5, 5.41) is 8.28. The normalized spacial score (nSPS) is 25.7. The molecule has 12 amide bonds. The molecule has 1 spiro atoms. The van der Waals surface area contributed by atoms with Crippen LogP contribution in [0.1, 0.15) is 147 Å². The Hall–Kier alpha value is -8.82. The predicted molar refractivity (Wildman–Crippen MR) is 389 cm³/mol. The molecule has 2 aromatic carbocycles. The second-order valence-corrected chi connectivity index (χ2v) is 30.5. The number of rotatable bonds is 16. The van der Waals surface area contributed by atoms with Crippen molar-refractivity contribution >= 4 is 70.9 Å². The number of fused-ring (bicyclic) bond motifs is 3. The largest absolute Gasteiger partial charge is 0.422 e. The Bertz CT molecular complexity index is 3700. The smallest absolute Gasteiger partial charge is 0.383 e. The molecule has 2 saturated carbocycles. The van der Waals surface area contributed by atoms with Crippen molar-refractivity contribution in [2.75, 3.05) is 102 Å². The van der Waals surface area contributed by atoms with Crippen LogP contribution in [0.5, 0.6) is 0 Å². The Kier molecular flexibility index (Phi) is 31.1. The molecule has 7 rings (SSSR count). The van der Waals surface area contributed by atoms with E-state index < -0.39 is 222 Å². The van der Waals surface area contributed by atoms with Gasteiger partial charge in [-0.15, -0.1) is 0 Å². The van der Waals surface area contributed by atoms with Crippen LogP contribution in [-0.4, -0.2) is 277 Å². The molecule has 2 saturated heterocycles. The van der Waals surface area contributed by atoms with Gasteiger partial charge < -0.3 is 69.5 Å². The number of nitrogens with zero attached hydrogens (tertiary/aromatic N) is 9. The van der Waals surface area contributed by atoms with Gasteiger partial charge in [-0.3, -0.25) is 57.5 Å². The molecule has 3 N–H and O–H groups in total. The molecule has 10 atom stereocenters. The van der Waals surface area contributed by atoms with Crippen LogP contribution in [0.25, 0.3) is 0 Å². The van der Waals surface area contributed by atoms with E-state index in [2.05, 4.69) is 16.0 Å². The highest BCUT2D eigenvalue weighted by Gasteiger charge is 2.54. The van der Waals surface area contributed by atoms with Crippen molar-refractivity contribution in [3.8, 4) is 0 Å². The van der Waals surface area contributed by atoms with Crippen LogP contribution < -0.4 is 16.0 Å². The number of likely N-dealkylation sites (N-methyl/N-ethyl adjacent to an activating group) is 7. The summed E-state index contributed by atoms with van der Waals surface area (Å²) in [7, 11) is 10.7. The molecule has 4 fully saturated rings. The molecular weight excluding hydrogens is 1470 g/mol. The zero-order valence-electron chi connectivity index (χ0n) is 65.6. The molecule has 5 aliphatic rings. The van der Waals surface area contributed by atoms with E-state index in [-0.39, 0.29) is 82.9 Å². The number of hydrogen-bond acceptors (Lipinski definition) is 14. The van der Waals surface area contributed by atoms with Gasteiger partial charge in [0.15, 0.2) is 0 Å². The van der Waals surface area contributed by atoms with E-state index in [1.165, 1.54) is 59.2 Å². The minimum atomic E-state index is -5.46. The van der Waals surface area contributed by atoms with Gasteiger partial charge in [-0.1, -0.05) is 71.2 Å². The fourth-order valence-electron chi connectivity index (χ4n) is 15.3. The lowest BCUT2D eigenvalue weighted by atomic mass is 9.74. The minimum absolute atomic E-state index is 0.00603. The maximum atomic E-state index is 15.7. The zero-order valence-corrected chi connectivity index (χ0v) is 65.6. The summed E-state index contributed by atoms with van der Waals surface area (Å²) in [6.07, 6.45) is -7.63. The number of carbonyl (C=O) groups is 12. The van der Waals surface area contributed by atoms with Crippen LogP contribution in [0.4, 0.5) is 35.1 Å². The summed E-state index contributed by atoms with van der Waals surface area (Å²) in [5.74, 6) is -15.6. The number of benzene rings is 2. The number of nitrogens with one attached hydrogen (secondary N) is 3. The van der Waals surface area contributed by atoms with Gasteiger partial charge in [-0.25, -0.2) is 8.78 Å². The third kappa shape index (κ3) is 21.9. The molecule has 3 aliphatic heterocycles. The lowest BCUT2D eigenvalue weighted by molar-refractivity contribution is -0.158. The Morgan fingerprint density at radius 1 is 0.685 bits per heavy atom. The van der Waals surface area contributed by atoms with E-state index in [0.717, 1.165) is 65.6 Å². The fraction of sp³-hybridized carbons (Fsp3) is 0.662. The first-order valence-corrected chi connectivity index (χ1v) is 37.9. The number of hydrogen-bond donors (Lipinski definition) is 3. The van der Waals surface area contributed by atoms with E-state index in [9.17, 15) is 50.3 Å². The molecule has 3 heterocycles. The number of alkyl halides is 6. The van der Waals surface area contributed by atoms with Crippen molar-refractivity contribution in [2.24, 2.45) is 17.8 Å². The highest BCUT2D eigenvalue weighted by Crippen LogP contribution is 2.40. The second kappa shape index (κ2) is 38.6. The average Bonchev–Trinajstić information content (AvgIpc) is 1.67. The van der Waals surface area contributed by atoms with Gasteiger partial charge in [0.2, 0.25) is 70.9 Å². The van der Waals surface area contributed by atoms with E-state index in [0.29, 0.717) is 50.7 Å². The lowest BCUT2D eigenvalue weighted by Gasteiger charge is -2.46. The first kappa shape index (κ1) is 89.4. The molecule has 111 heavy (non-hydrogen) atoms. The minimum Gasteiger partial charge on any atom is -0.383 e. The van der Waals surface area contributed by atoms with Crippen LogP contribution in [0.2, 0.25) is 0 Å². The van der Waals surface area contributed by atoms with Gasteiger partial charge in [0.25, 0.3) is 0 Å². The van der Waals surface area contributed by atoms with E-state index in [1.54, 1.807) is 46.8 Å². The number of methoxy groups -OCH3 is 1. The van der Waals surface area contributed by atoms with Gasteiger partial charge in [-0.05, 0) is 124 Å². The summed E-state index contributed by atoms with van der Waals surface area (Å²) < 4.78 is 125. The van der Waals surface area contributed by atoms with Gasteiger partial charge in [0, 0.05) is 95.5 Å². The summed E-state index contributed by atoms with van der Waals surface area (Å²) in [4.78, 5) is 192. The van der Waals surface area contributed by atoms with Gasteiger partial charge >= 0.3 is 12.4 Å². The van der Waals surface area contributed by atoms with Crippen molar-refractivity contribution < 1.29 is 102 Å². The van der Waals surface area contributed by atoms with E-state index >= 15 is 42.3 Å². The van der Waals surface area contributed by atoms with Gasteiger partial charge in [-0.2, -0.15) is 26.3 Å². The first-order valence-electron chi connectivity index (χ1n) is 37.9. The topological polar surface area (TPSA) is 289 Å². The van der Waals surface area contributed by atoms with Crippen LogP contribution >= 0.6 is 0 Å². The molecule has 616 valence electrons. The molecular formula is C77H108F8N12O14. The number of carbonyl (C=O) groups excluding carboxylic acids is 12. The quantitative estimate of drug-likeness (QED) is 0.133. The summed E-state index contributed by atoms with van der Waals surface area (Å²) >= 11 is 0. The van der Waals surface area contributed by atoms with Crippen LogP contribution in [-0.2, 0) is 92.2 Å². The Balaban J connectivity index is 1.36. The Labute approximate surface area is 642 Å². The maximum Gasteiger partial charge on any atom is 0.422 e. The summed E-state index contributed by atoms with van der Waals surface area (Å²) in [5.41, 5.74) is -5.28. The van der Waals surface area contributed by atoms with Crippen molar-refractivity contribution in [3.63, 3.8) is 0 Å². The van der Waals surface area contributed by atoms with Crippen LogP contribution in [0.3, 0.4) is 0 Å². The van der Waals surface area contributed by atoms with E-state index in [4.69, 9.17) is 9.47 Å². The highest BCUT2D eigenvalue weighted by atomic mass is 19.4. The fourth-order valence-corrected chi connectivity index (χ4v) is 15.3. The monoisotopic (exact) mass is 1580 g/mol. The molecule has 2 aliphatic carbocycles. The summed E-state index contributed by atoms with van der Waals surface area (Å²) in [6, 6.07) is -7.46. The highest BCUT2D eigenvalue weighted by molar-refractivity contribution is 6.01. The summed E-state index contributed by atoms with van der Waals surface area (Å²) in [6.45, 7) is 6.54. The van der Waals surface area contributed by atoms with Crippen LogP contribution in [0.15, 0.2) is 48.6 Å². The van der Waals surface area contributed by atoms with Crippen molar-refractivity contribution in [1.29, 1.82) is 0 Å². The zero-order chi connectivity index (χ0) is 82.5. The number of halogens is 8. The number of ether oxygens (including phenoxy) is 2. The Morgan fingerprint density at radius 2 is 1.32 bits per heavy atom. The number of aryl methyl sites for hydroxylation is 1. The molecule has 0 unspecified atom stereocenters. The van der Waals surface area contributed by atoms with Crippen molar-refractivity contribution in [2.45, 2.75) is 210 Å². The van der Waals surface area contributed by atoms with E-state index in [1.807, 2.05) is 0 Å². The molecule has 2 aromatic rings. The van der Waals surface area contributed by atoms with Gasteiger partial charge in [0.05, 0.1) is 37.8 Å². The van der Waals surface area contributed by atoms with Crippen LogP contribution in [0, 0.1) is 29.4 Å². The number of amides is 12. The molecule has 34 heteroatoms. The predicted octanol–water partition coefficient (Wildman–Crippen LogP) is 5.76. The first-order chi connectivity index (χ1) is 52.1. The Morgan fingerprint density at radius 3 is 1.88 bits per heavy atom. The molecule has 0 aromatic heterocycles. The van der Waals surface area contributed by atoms with Crippen molar-refractivity contribution in [3.05, 3.63) is 82.4 Å². The SMILES string of the molecule is CCO[C@@H]1C[C@H]2C(=O)NC3(CCC3)C(=O)N(C)[C@@H](C3CCCC3)C(=O)N(C)[C@H](C(=O)N(C)CCOC)CC(=O)N(C)[C@@H](CC(C)C)C(=O)N[C@@H]([C@@H](C)CC)C(=O)N(C)CC(=O)N(C)[C@H]3C/C=C\CCN(C3=O)[C@@H](Cc3ccc(C(F)(F)F)cc3)C(=O)N(C)CC(=O)N[C@@H](CCc3cc(F)c(C(F)(F)F)c(F)c3)C(=O)N2C1. The third-order valence-electron chi connectivity index (χ3n) is 22.3. The molecule has 26 nitrogen and oxygen atoms in total. The standard InChI is InChI=1S/C77H108F8N12O14/c1-14-46(5)64-72(107)91(8)44-62(100)92(9)55-24-17-16-20-33-96(71(55)106)59(39-47-25-28-50(29-26-47)76(80,81)82)70(105)90(7)43-60(98)86-54(30-27-48-37-52(78)63(53(79)38-48)77(83,84)85)68(103)97-42-51(111-15-2)40-57(97)67(102)88-75(31-21-32-75)74(109)95(12)65(49-22-18-19-23-49)73(108)94(11)58(69(104)89(6)34-35-110-13)41-61(99)93(10)56(36-45(3)4)66(101)87-64/h16-17,25-26,28-29,37-38,45-46,49,51,54-59,64-65H,14-15,18-24,27,30-36,39-44H2,1-13H3,(H,86,98)(H,87,101)(H,88,102)/b17-16-/t46-,51+,54-,55-,56-,57-,58-,59-,64-,65-/m0/s1. The average molecular weight is 1580 g/mol.